The molecule has 1 amide bonds. The minimum absolute atomic E-state index is 0.0410. The average Bonchev–Trinajstić information content (AvgIpc) is 2.15. The fourth-order valence-corrected chi connectivity index (χ4v) is 0.750. The molecule has 0 atom stereocenters. The molecule has 15 heavy (non-hydrogen) atoms. The third-order valence-corrected chi connectivity index (χ3v) is 1.29. The van der Waals surface area contributed by atoms with E-state index in [1.54, 1.807) is 20.8 Å². The molecule has 0 spiro atoms. The first kappa shape index (κ1) is 11.3. The van der Waals surface area contributed by atoms with E-state index >= 15 is 0 Å². The van der Waals surface area contributed by atoms with Crippen LogP contribution in [0.1, 0.15) is 20.8 Å². The first-order chi connectivity index (χ1) is 6.90. The summed E-state index contributed by atoms with van der Waals surface area (Å²) in [7, 11) is 0. The van der Waals surface area contributed by atoms with Crippen LogP contribution in [0.15, 0.2) is 12.7 Å². The number of aromatic nitrogens is 3. The van der Waals surface area contributed by atoms with Gasteiger partial charge in [-0.1, -0.05) is 0 Å². The predicted octanol–water partition coefficient (Wildman–Crippen LogP) is 0.487. The summed E-state index contributed by atoms with van der Waals surface area (Å²) < 4.78 is 5.02. The van der Waals surface area contributed by atoms with Crippen molar-refractivity contribution >= 4 is 12.0 Å². The third-order valence-electron chi connectivity index (χ3n) is 1.29. The highest BCUT2D eigenvalue weighted by molar-refractivity contribution is 5.83. The second-order valence-electron chi connectivity index (χ2n) is 3.79. The Labute approximate surface area is 87.3 Å². The zero-order valence-electron chi connectivity index (χ0n) is 8.84. The quantitative estimate of drug-likeness (QED) is 0.412. The molecule has 0 radical (unpaired) electrons. The number of anilines is 1. The fourth-order valence-electron chi connectivity index (χ4n) is 0.750. The van der Waals surface area contributed by atoms with Gasteiger partial charge in [0, 0.05) is 0 Å². The largest absolute Gasteiger partial charge is 0.442 e. The lowest BCUT2D eigenvalue weighted by Crippen LogP contribution is -2.42. The van der Waals surface area contributed by atoms with E-state index in [1.807, 2.05) is 0 Å². The van der Waals surface area contributed by atoms with Gasteiger partial charge < -0.3 is 4.74 Å². The Bertz CT molecular complexity index is 335. The maximum atomic E-state index is 11.4. The van der Waals surface area contributed by atoms with Gasteiger partial charge in [-0.15, -0.1) is 0 Å². The first-order valence-electron chi connectivity index (χ1n) is 4.30. The average molecular weight is 211 g/mol. The van der Waals surface area contributed by atoms with E-state index in [9.17, 15) is 4.79 Å². The highest BCUT2D eigenvalue weighted by Crippen LogP contribution is 2.10. The normalized spacial score (nSPS) is 10.9. The summed E-state index contributed by atoms with van der Waals surface area (Å²) in [5.74, 6) is 5.49. The molecule has 0 bridgehead atoms. The topological polar surface area (TPSA) is 94.2 Å². The van der Waals surface area contributed by atoms with Gasteiger partial charge >= 0.3 is 6.09 Å². The van der Waals surface area contributed by atoms with Crippen LogP contribution in [0, 0.1) is 0 Å². The summed E-state index contributed by atoms with van der Waals surface area (Å²) in [5.41, 5.74) is -0.609. The van der Waals surface area contributed by atoms with E-state index in [0.717, 1.165) is 5.01 Å². The summed E-state index contributed by atoms with van der Waals surface area (Å²) in [4.78, 5) is 22.5. The summed E-state index contributed by atoms with van der Waals surface area (Å²) in [6.07, 6.45) is 1.77. The Morgan fingerprint density at radius 3 is 2.40 bits per heavy atom. The van der Waals surface area contributed by atoms with Crippen molar-refractivity contribution in [3.8, 4) is 0 Å². The van der Waals surface area contributed by atoms with Crippen molar-refractivity contribution < 1.29 is 9.53 Å². The molecular weight excluding hydrogens is 198 g/mol. The number of hydrogen-bond acceptors (Lipinski definition) is 6. The van der Waals surface area contributed by atoms with Gasteiger partial charge in [0.2, 0.25) is 0 Å². The summed E-state index contributed by atoms with van der Waals surface area (Å²) in [6.45, 7) is 5.23. The van der Waals surface area contributed by atoms with Gasteiger partial charge in [0.15, 0.2) is 0 Å². The summed E-state index contributed by atoms with van der Waals surface area (Å²) in [6, 6.07) is 0. The zero-order chi connectivity index (χ0) is 11.5. The van der Waals surface area contributed by atoms with Crippen LogP contribution in [0.5, 0.6) is 0 Å². The molecule has 7 heteroatoms. The maximum absolute atomic E-state index is 11.4. The lowest BCUT2D eigenvalue weighted by atomic mass is 10.2. The lowest BCUT2D eigenvalue weighted by Gasteiger charge is -2.22. The molecule has 0 saturated heterocycles. The van der Waals surface area contributed by atoms with Crippen LogP contribution in [-0.2, 0) is 4.74 Å². The van der Waals surface area contributed by atoms with E-state index in [0.29, 0.717) is 0 Å². The fraction of sp³-hybridized carbons (Fsp3) is 0.500. The van der Waals surface area contributed by atoms with Gasteiger partial charge in [0.1, 0.15) is 18.3 Å². The van der Waals surface area contributed by atoms with Crippen molar-refractivity contribution in [3.05, 3.63) is 12.7 Å². The molecular formula is C8H13N5O2. The second-order valence-corrected chi connectivity index (χ2v) is 3.79. The van der Waals surface area contributed by atoms with E-state index in [-0.39, 0.29) is 5.95 Å². The Hall–Kier alpha value is -1.76. The van der Waals surface area contributed by atoms with Gasteiger partial charge in [-0.3, -0.25) is 0 Å². The first-order valence-corrected chi connectivity index (χ1v) is 4.30. The maximum Gasteiger partial charge on any atom is 0.432 e. The van der Waals surface area contributed by atoms with Gasteiger partial charge in [-0.25, -0.2) is 15.6 Å². The van der Waals surface area contributed by atoms with E-state index in [1.165, 1.54) is 12.7 Å². The number of carbonyl (C=O) groups excluding carboxylic acids is 1. The van der Waals surface area contributed by atoms with Crippen molar-refractivity contribution in [2.24, 2.45) is 5.84 Å². The number of rotatable bonds is 1. The number of hydrazine groups is 1. The molecule has 0 aliphatic carbocycles. The van der Waals surface area contributed by atoms with Gasteiger partial charge in [-0.05, 0) is 20.8 Å². The van der Waals surface area contributed by atoms with E-state index < -0.39 is 11.7 Å². The van der Waals surface area contributed by atoms with E-state index in [2.05, 4.69) is 15.0 Å². The van der Waals surface area contributed by atoms with Crippen LogP contribution in [0.2, 0.25) is 0 Å². The molecule has 2 N–H and O–H groups in total. The van der Waals surface area contributed by atoms with Crippen LogP contribution in [-0.4, -0.2) is 26.6 Å². The van der Waals surface area contributed by atoms with Gasteiger partial charge in [0.05, 0.1) is 0 Å². The number of ether oxygens (including phenoxy) is 1. The number of carbonyl (C=O) groups is 1. The molecule has 0 aromatic carbocycles. The summed E-state index contributed by atoms with van der Waals surface area (Å²) in [5, 5.41) is 0.729. The zero-order valence-corrected chi connectivity index (χ0v) is 8.84. The standard InChI is InChI=1S/C8H13N5O2/c1-8(2,3)15-7(14)13(9)6-11-4-10-5-12-6/h4-5H,9H2,1-3H3. The SMILES string of the molecule is CC(C)(C)OC(=O)N(N)c1ncncn1. The Kier molecular flexibility index (Phi) is 3.15. The molecule has 0 aliphatic heterocycles. The second kappa shape index (κ2) is 4.18. The molecule has 82 valence electrons. The van der Waals surface area contributed by atoms with Crippen LogP contribution in [0.3, 0.4) is 0 Å². The Morgan fingerprint density at radius 2 is 1.93 bits per heavy atom. The lowest BCUT2D eigenvalue weighted by molar-refractivity contribution is 0.0577. The van der Waals surface area contributed by atoms with Crippen molar-refractivity contribution in [2.45, 2.75) is 26.4 Å². The number of nitrogens with zero attached hydrogens (tertiary/aromatic N) is 4. The predicted molar refractivity (Wildman–Crippen MR) is 52.7 cm³/mol. The van der Waals surface area contributed by atoms with Crippen molar-refractivity contribution in [1.82, 2.24) is 15.0 Å². The minimum atomic E-state index is -0.714. The highest BCUT2D eigenvalue weighted by Gasteiger charge is 2.22. The third kappa shape index (κ3) is 3.47. The van der Waals surface area contributed by atoms with Crippen LogP contribution in [0.25, 0.3) is 0 Å². The smallest absolute Gasteiger partial charge is 0.432 e. The molecule has 0 aliphatic rings. The Morgan fingerprint density at radius 1 is 1.40 bits per heavy atom. The van der Waals surface area contributed by atoms with E-state index in [4.69, 9.17) is 10.6 Å². The van der Waals surface area contributed by atoms with Crippen LogP contribution >= 0.6 is 0 Å². The highest BCUT2D eigenvalue weighted by atomic mass is 16.6. The number of amides is 1. The minimum Gasteiger partial charge on any atom is -0.442 e. The molecule has 0 fully saturated rings. The van der Waals surface area contributed by atoms with Crippen LogP contribution < -0.4 is 10.9 Å². The molecule has 1 rings (SSSR count). The van der Waals surface area contributed by atoms with Crippen LogP contribution in [0.4, 0.5) is 10.7 Å². The Balaban J connectivity index is 2.70. The van der Waals surface area contributed by atoms with Gasteiger partial charge in [-0.2, -0.15) is 15.0 Å². The van der Waals surface area contributed by atoms with Crippen molar-refractivity contribution in [2.75, 3.05) is 5.01 Å². The van der Waals surface area contributed by atoms with Crippen molar-refractivity contribution in [3.63, 3.8) is 0 Å². The van der Waals surface area contributed by atoms with Crippen molar-refractivity contribution in [1.29, 1.82) is 0 Å². The molecule has 7 nitrogen and oxygen atoms in total. The molecule has 1 aromatic rings. The molecule has 0 saturated carbocycles. The summed E-state index contributed by atoms with van der Waals surface area (Å²) >= 11 is 0. The molecule has 0 unspecified atom stereocenters. The monoisotopic (exact) mass is 211 g/mol. The molecule has 1 aromatic heterocycles. The number of hydrogen-bond donors (Lipinski definition) is 1. The van der Waals surface area contributed by atoms with Gasteiger partial charge in [0.25, 0.3) is 5.95 Å². The molecule has 1 heterocycles. The number of nitrogens with two attached hydrogens (primary N) is 1.